The van der Waals surface area contributed by atoms with Gasteiger partial charge >= 0.3 is 0 Å². The smallest absolute Gasteiger partial charge is 0.206 e. The van der Waals surface area contributed by atoms with Crippen LogP contribution in [-0.2, 0) is 6.54 Å². The van der Waals surface area contributed by atoms with Crippen molar-refractivity contribution in [2.45, 2.75) is 25.4 Å². The van der Waals surface area contributed by atoms with E-state index in [-0.39, 0.29) is 0 Å². The van der Waals surface area contributed by atoms with E-state index in [1.165, 1.54) is 12.8 Å². The molecular weight excluding hydrogens is 268 g/mol. The number of rotatable bonds is 3. The molecule has 1 aliphatic rings. The van der Waals surface area contributed by atoms with Crippen molar-refractivity contribution in [3.63, 3.8) is 0 Å². The van der Waals surface area contributed by atoms with Crippen LogP contribution in [0.4, 0.5) is 0 Å². The van der Waals surface area contributed by atoms with Gasteiger partial charge in [0.1, 0.15) is 0 Å². The van der Waals surface area contributed by atoms with Crippen LogP contribution in [0.2, 0.25) is 0 Å². The average molecular weight is 283 g/mol. The Morgan fingerprint density at radius 3 is 2.94 bits per heavy atom. The third kappa shape index (κ3) is 3.50. The van der Waals surface area contributed by atoms with Gasteiger partial charge < -0.3 is 5.32 Å². The quantitative estimate of drug-likeness (QED) is 0.341. The summed E-state index contributed by atoms with van der Waals surface area (Å²) in [4.78, 5) is 4.38. The van der Waals surface area contributed by atoms with Gasteiger partial charge in [0, 0.05) is 10.5 Å². The molecule has 16 heavy (non-hydrogen) atoms. The van der Waals surface area contributed by atoms with Gasteiger partial charge in [-0.1, -0.05) is 28.1 Å². The maximum absolute atomic E-state index is 5.39. The van der Waals surface area contributed by atoms with Gasteiger partial charge in [-0.15, -0.1) is 0 Å². The Kier molecular flexibility index (Phi) is 3.79. The molecule has 1 aromatic rings. The molecule has 0 aromatic heterocycles. The highest BCUT2D eigenvalue weighted by Crippen LogP contribution is 2.18. The van der Waals surface area contributed by atoms with E-state index in [0.717, 1.165) is 10.0 Å². The Balaban J connectivity index is 1.94. The van der Waals surface area contributed by atoms with Crippen molar-refractivity contribution in [1.82, 2.24) is 10.7 Å². The van der Waals surface area contributed by atoms with Crippen molar-refractivity contribution < 1.29 is 0 Å². The molecule has 1 aliphatic carbocycles. The highest BCUT2D eigenvalue weighted by atomic mass is 79.9. The van der Waals surface area contributed by atoms with E-state index in [2.05, 4.69) is 37.7 Å². The van der Waals surface area contributed by atoms with Crippen molar-refractivity contribution in [3.8, 4) is 0 Å². The molecule has 86 valence electrons. The third-order valence-electron chi connectivity index (χ3n) is 2.36. The van der Waals surface area contributed by atoms with Crippen LogP contribution in [0, 0.1) is 0 Å². The second-order valence-electron chi connectivity index (χ2n) is 3.86. The second-order valence-corrected chi connectivity index (χ2v) is 4.77. The number of guanidine groups is 1. The maximum Gasteiger partial charge on any atom is 0.206 e. The van der Waals surface area contributed by atoms with Crippen molar-refractivity contribution in [2.24, 2.45) is 10.8 Å². The van der Waals surface area contributed by atoms with Crippen LogP contribution in [0.25, 0.3) is 0 Å². The molecule has 0 unspecified atom stereocenters. The van der Waals surface area contributed by atoms with Gasteiger partial charge in [0.15, 0.2) is 0 Å². The number of aliphatic imine (C=N–C) groups is 1. The number of hydrazine groups is 1. The first-order valence-corrected chi connectivity index (χ1v) is 6.09. The normalized spacial score (nSPS) is 16.0. The van der Waals surface area contributed by atoms with Crippen molar-refractivity contribution >= 4 is 21.9 Å². The molecule has 0 radical (unpaired) electrons. The van der Waals surface area contributed by atoms with E-state index in [9.17, 15) is 0 Å². The molecule has 0 atom stereocenters. The molecule has 0 bridgehead atoms. The predicted molar refractivity (Wildman–Crippen MR) is 68.8 cm³/mol. The molecule has 0 spiro atoms. The fraction of sp³-hybridized carbons (Fsp3) is 0.364. The Morgan fingerprint density at radius 2 is 2.31 bits per heavy atom. The Bertz CT molecular complexity index is 387. The van der Waals surface area contributed by atoms with Crippen LogP contribution in [0.15, 0.2) is 33.7 Å². The lowest BCUT2D eigenvalue weighted by Crippen LogP contribution is -2.42. The lowest BCUT2D eigenvalue weighted by molar-refractivity contribution is 0.821. The topological polar surface area (TPSA) is 62.4 Å². The summed E-state index contributed by atoms with van der Waals surface area (Å²) in [5, 5.41) is 3.23. The van der Waals surface area contributed by atoms with E-state index in [1.807, 2.05) is 18.2 Å². The van der Waals surface area contributed by atoms with Gasteiger partial charge in [0.25, 0.3) is 0 Å². The lowest BCUT2D eigenvalue weighted by atomic mass is 10.2. The van der Waals surface area contributed by atoms with Crippen LogP contribution in [-0.4, -0.2) is 12.0 Å². The standard InChI is InChI=1S/C11H15BrN4/c12-9-3-1-2-8(6-9)7-14-11(16-13)15-10-4-5-10/h1-3,6,10H,4-5,7,13H2,(H2,14,15,16). The van der Waals surface area contributed by atoms with Gasteiger partial charge in [-0.3, -0.25) is 5.43 Å². The molecule has 0 heterocycles. The van der Waals surface area contributed by atoms with Gasteiger partial charge in [-0.25, -0.2) is 10.8 Å². The van der Waals surface area contributed by atoms with E-state index < -0.39 is 0 Å². The minimum Gasteiger partial charge on any atom is -0.353 e. The van der Waals surface area contributed by atoms with Crippen molar-refractivity contribution in [2.75, 3.05) is 0 Å². The van der Waals surface area contributed by atoms with Crippen LogP contribution >= 0.6 is 15.9 Å². The Labute approximate surface area is 103 Å². The molecule has 0 aliphatic heterocycles. The van der Waals surface area contributed by atoms with Crippen molar-refractivity contribution in [1.29, 1.82) is 0 Å². The van der Waals surface area contributed by atoms with Crippen LogP contribution < -0.4 is 16.6 Å². The molecule has 4 nitrogen and oxygen atoms in total. The first kappa shape index (κ1) is 11.4. The average Bonchev–Trinajstić information content (AvgIpc) is 3.08. The van der Waals surface area contributed by atoms with E-state index in [4.69, 9.17) is 5.84 Å². The number of hydrogen-bond acceptors (Lipinski definition) is 2. The summed E-state index contributed by atoms with van der Waals surface area (Å²) in [6.07, 6.45) is 2.41. The molecule has 1 saturated carbocycles. The summed E-state index contributed by atoms with van der Waals surface area (Å²) in [5.41, 5.74) is 3.74. The summed E-state index contributed by atoms with van der Waals surface area (Å²) in [7, 11) is 0. The summed E-state index contributed by atoms with van der Waals surface area (Å²) < 4.78 is 1.07. The number of nitrogens with zero attached hydrogens (tertiary/aromatic N) is 1. The van der Waals surface area contributed by atoms with Crippen LogP contribution in [0.1, 0.15) is 18.4 Å². The maximum atomic E-state index is 5.39. The highest BCUT2D eigenvalue weighted by Gasteiger charge is 2.21. The third-order valence-corrected chi connectivity index (χ3v) is 2.86. The monoisotopic (exact) mass is 282 g/mol. The zero-order valence-corrected chi connectivity index (χ0v) is 10.5. The number of nitrogens with one attached hydrogen (secondary N) is 2. The zero-order chi connectivity index (χ0) is 11.4. The largest absolute Gasteiger partial charge is 0.353 e. The molecule has 1 fully saturated rings. The zero-order valence-electron chi connectivity index (χ0n) is 8.91. The van der Waals surface area contributed by atoms with Gasteiger partial charge in [0.2, 0.25) is 5.96 Å². The molecule has 0 amide bonds. The first-order chi connectivity index (χ1) is 7.78. The molecule has 5 heteroatoms. The SMILES string of the molecule is NNC(=NCc1cccc(Br)c1)NC1CC1. The second kappa shape index (κ2) is 5.32. The summed E-state index contributed by atoms with van der Waals surface area (Å²) in [6, 6.07) is 8.64. The van der Waals surface area contributed by atoms with Gasteiger partial charge in [0.05, 0.1) is 6.54 Å². The van der Waals surface area contributed by atoms with Crippen LogP contribution in [0.5, 0.6) is 0 Å². The number of benzene rings is 1. The predicted octanol–water partition coefficient (Wildman–Crippen LogP) is 1.52. The van der Waals surface area contributed by atoms with Crippen molar-refractivity contribution in [3.05, 3.63) is 34.3 Å². The fourth-order valence-corrected chi connectivity index (χ4v) is 1.81. The highest BCUT2D eigenvalue weighted by molar-refractivity contribution is 9.10. The number of hydrogen-bond donors (Lipinski definition) is 3. The van der Waals surface area contributed by atoms with Gasteiger partial charge in [-0.05, 0) is 30.5 Å². The first-order valence-electron chi connectivity index (χ1n) is 5.30. The molecular formula is C11H15BrN4. The minimum absolute atomic E-state index is 0.553. The Morgan fingerprint density at radius 1 is 1.50 bits per heavy atom. The Hall–Kier alpha value is -1.07. The number of halogens is 1. The summed E-state index contributed by atoms with van der Waals surface area (Å²) in [6.45, 7) is 0.624. The molecule has 1 aromatic carbocycles. The minimum atomic E-state index is 0.553. The van der Waals surface area contributed by atoms with Gasteiger partial charge in [-0.2, -0.15) is 0 Å². The van der Waals surface area contributed by atoms with E-state index in [0.29, 0.717) is 18.5 Å². The van der Waals surface area contributed by atoms with E-state index >= 15 is 0 Å². The fourth-order valence-electron chi connectivity index (χ4n) is 1.36. The van der Waals surface area contributed by atoms with E-state index in [1.54, 1.807) is 0 Å². The van der Waals surface area contributed by atoms with Crippen LogP contribution in [0.3, 0.4) is 0 Å². The number of nitrogens with two attached hydrogens (primary N) is 1. The summed E-state index contributed by atoms with van der Waals surface area (Å²) in [5.74, 6) is 6.06. The summed E-state index contributed by atoms with van der Waals surface area (Å²) >= 11 is 3.43. The lowest BCUT2D eigenvalue weighted by Gasteiger charge is -2.07. The molecule has 4 N–H and O–H groups in total. The molecule has 2 rings (SSSR count). The molecule has 0 saturated heterocycles.